The number of thioether (sulfide) groups is 1. The highest BCUT2D eigenvalue weighted by molar-refractivity contribution is 9.10. The van der Waals surface area contributed by atoms with Crippen LogP contribution in [0, 0.1) is 0 Å². The van der Waals surface area contributed by atoms with Gasteiger partial charge in [-0.05, 0) is 29.3 Å². The smallest absolute Gasteiger partial charge is 0.181 e. The second-order valence-corrected chi connectivity index (χ2v) is 6.20. The van der Waals surface area contributed by atoms with Crippen LogP contribution in [0.15, 0.2) is 22.2 Å². The van der Waals surface area contributed by atoms with Gasteiger partial charge in [0.1, 0.15) is 16.9 Å². The first-order valence-corrected chi connectivity index (χ1v) is 8.53. The third kappa shape index (κ3) is 2.69. The predicted octanol–water partition coefficient (Wildman–Crippen LogP) is 3.19. The lowest BCUT2D eigenvalue weighted by Gasteiger charge is -2.05. The van der Waals surface area contributed by atoms with E-state index < -0.39 is 0 Å². The number of hydrogen-bond donors (Lipinski definition) is 1. The minimum absolute atomic E-state index is 0.699. The maximum Gasteiger partial charge on any atom is 0.181 e. The molecule has 0 aliphatic carbocycles. The van der Waals surface area contributed by atoms with Crippen molar-refractivity contribution < 1.29 is 0 Å². The van der Waals surface area contributed by atoms with E-state index in [1.165, 1.54) is 5.69 Å². The van der Waals surface area contributed by atoms with E-state index in [0.717, 1.165) is 39.4 Å². The Morgan fingerprint density at radius 2 is 2.14 bits per heavy atom. The van der Waals surface area contributed by atoms with Gasteiger partial charge < -0.3 is 4.98 Å². The number of aryl methyl sites for hydroxylation is 2. The Hall–Kier alpha value is -1.41. The molecule has 0 amide bonds. The van der Waals surface area contributed by atoms with Gasteiger partial charge in [0.05, 0.1) is 22.2 Å². The normalized spacial score (nSPS) is 11.4. The summed E-state index contributed by atoms with van der Waals surface area (Å²) in [6, 6.07) is 0. The van der Waals surface area contributed by atoms with Gasteiger partial charge in [-0.3, -0.25) is 4.68 Å². The van der Waals surface area contributed by atoms with Crippen molar-refractivity contribution >= 4 is 38.9 Å². The highest BCUT2D eigenvalue weighted by Crippen LogP contribution is 2.30. The van der Waals surface area contributed by atoms with Gasteiger partial charge in [0, 0.05) is 12.3 Å². The molecule has 3 aromatic heterocycles. The molecule has 3 aromatic rings. The first kappa shape index (κ1) is 14.5. The van der Waals surface area contributed by atoms with Crippen LogP contribution < -0.4 is 0 Å². The van der Waals surface area contributed by atoms with Crippen molar-refractivity contribution in [2.45, 2.75) is 37.6 Å². The summed E-state index contributed by atoms with van der Waals surface area (Å²) in [6.45, 7) is 5.07. The van der Waals surface area contributed by atoms with E-state index in [2.05, 4.69) is 54.8 Å². The average molecular weight is 367 g/mol. The molecule has 0 bridgehead atoms. The summed E-state index contributed by atoms with van der Waals surface area (Å²) in [6.07, 6.45) is 4.11. The molecule has 0 fully saturated rings. The molecular weight excluding hydrogens is 352 g/mol. The summed E-state index contributed by atoms with van der Waals surface area (Å²) in [7, 11) is 0. The SMILES string of the molecule is CCc1nn(CC)c(CSc2ncnc3nc[nH]c23)c1Br. The van der Waals surface area contributed by atoms with Crippen molar-refractivity contribution in [3.8, 4) is 0 Å². The Morgan fingerprint density at radius 1 is 1.29 bits per heavy atom. The summed E-state index contributed by atoms with van der Waals surface area (Å²) in [5.74, 6) is 0.798. The topological polar surface area (TPSA) is 72.3 Å². The van der Waals surface area contributed by atoms with Crippen LogP contribution in [-0.4, -0.2) is 29.7 Å². The molecule has 3 heterocycles. The lowest BCUT2D eigenvalue weighted by Crippen LogP contribution is -2.02. The third-order valence-corrected chi connectivity index (χ3v) is 5.14. The van der Waals surface area contributed by atoms with Gasteiger partial charge in [-0.15, -0.1) is 0 Å². The fourth-order valence-corrected chi connectivity index (χ4v) is 4.02. The Kier molecular flexibility index (Phi) is 4.25. The van der Waals surface area contributed by atoms with E-state index in [1.807, 2.05) is 4.68 Å². The molecular formula is C13H15BrN6S. The molecule has 8 heteroatoms. The van der Waals surface area contributed by atoms with Crippen LogP contribution in [0.3, 0.4) is 0 Å². The maximum atomic E-state index is 4.61. The maximum absolute atomic E-state index is 4.61. The van der Waals surface area contributed by atoms with E-state index in [1.54, 1.807) is 24.4 Å². The number of rotatable bonds is 5. The highest BCUT2D eigenvalue weighted by Gasteiger charge is 2.15. The third-order valence-electron chi connectivity index (χ3n) is 3.23. The van der Waals surface area contributed by atoms with Gasteiger partial charge in [0.15, 0.2) is 5.65 Å². The van der Waals surface area contributed by atoms with Crippen molar-refractivity contribution in [2.75, 3.05) is 0 Å². The molecule has 0 saturated carbocycles. The number of aromatic nitrogens is 6. The molecule has 21 heavy (non-hydrogen) atoms. The van der Waals surface area contributed by atoms with Gasteiger partial charge in [0.2, 0.25) is 0 Å². The Balaban J connectivity index is 1.88. The zero-order valence-electron chi connectivity index (χ0n) is 11.8. The van der Waals surface area contributed by atoms with E-state index in [9.17, 15) is 0 Å². The zero-order chi connectivity index (χ0) is 14.8. The van der Waals surface area contributed by atoms with Crippen molar-refractivity contribution in [3.63, 3.8) is 0 Å². The second-order valence-electron chi connectivity index (χ2n) is 4.45. The lowest BCUT2D eigenvalue weighted by molar-refractivity contribution is 0.627. The van der Waals surface area contributed by atoms with E-state index >= 15 is 0 Å². The number of H-pyrrole nitrogens is 1. The van der Waals surface area contributed by atoms with Gasteiger partial charge in [-0.1, -0.05) is 18.7 Å². The summed E-state index contributed by atoms with van der Waals surface area (Å²) >= 11 is 5.33. The van der Waals surface area contributed by atoms with Crippen LogP contribution in [0.25, 0.3) is 11.2 Å². The fourth-order valence-electron chi connectivity index (χ4n) is 2.14. The number of nitrogens with zero attached hydrogens (tertiary/aromatic N) is 5. The molecule has 0 radical (unpaired) electrons. The minimum Gasteiger partial charge on any atom is -0.341 e. The van der Waals surface area contributed by atoms with Crippen molar-refractivity contribution in [1.82, 2.24) is 29.7 Å². The quantitative estimate of drug-likeness (QED) is 0.554. The zero-order valence-corrected chi connectivity index (χ0v) is 14.2. The Bertz CT molecular complexity index is 765. The number of imidazole rings is 1. The van der Waals surface area contributed by atoms with Gasteiger partial charge in [-0.2, -0.15) is 5.10 Å². The molecule has 0 atom stereocenters. The molecule has 6 nitrogen and oxygen atoms in total. The second kappa shape index (κ2) is 6.15. The monoisotopic (exact) mass is 366 g/mol. The molecule has 0 unspecified atom stereocenters. The molecule has 0 saturated heterocycles. The number of fused-ring (bicyclic) bond motifs is 1. The predicted molar refractivity (Wildman–Crippen MR) is 86.2 cm³/mol. The van der Waals surface area contributed by atoms with Gasteiger partial charge in [0.25, 0.3) is 0 Å². The van der Waals surface area contributed by atoms with Gasteiger partial charge in [-0.25, -0.2) is 15.0 Å². The number of hydrogen-bond acceptors (Lipinski definition) is 5. The Labute approximate surface area is 134 Å². The number of nitrogens with one attached hydrogen (secondary N) is 1. The summed E-state index contributed by atoms with van der Waals surface area (Å²) in [4.78, 5) is 15.7. The number of aromatic amines is 1. The van der Waals surface area contributed by atoms with Crippen molar-refractivity contribution in [3.05, 3.63) is 28.5 Å². The lowest BCUT2D eigenvalue weighted by atomic mass is 10.3. The first-order chi connectivity index (χ1) is 10.2. The summed E-state index contributed by atoms with van der Waals surface area (Å²) < 4.78 is 3.15. The molecule has 0 aliphatic heterocycles. The van der Waals surface area contributed by atoms with Crippen molar-refractivity contribution in [2.24, 2.45) is 0 Å². The summed E-state index contributed by atoms with van der Waals surface area (Å²) in [5.41, 5.74) is 3.87. The van der Waals surface area contributed by atoms with E-state index in [0.29, 0.717) is 5.65 Å². The molecule has 1 N–H and O–H groups in total. The van der Waals surface area contributed by atoms with E-state index in [-0.39, 0.29) is 0 Å². The van der Waals surface area contributed by atoms with Crippen molar-refractivity contribution in [1.29, 1.82) is 0 Å². The van der Waals surface area contributed by atoms with Crippen LogP contribution in [0.1, 0.15) is 25.2 Å². The standard InChI is InChI=1S/C13H15BrN6S/c1-3-8-10(14)9(20(4-2)19-8)5-21-13-11-12(16-6-15-11)17-7-18-13/h6-7H,3-5H2,1-2H3,(H,15,16,17,18). The van der Waals surface area contributed by atoms with E-state index in [4.69, 9.17) is 0 Å². The molecule has 110 valence electrons. The van der Waals surface area contributed by atoms with Crippen LogP contribution in [0.4, 0.5) is 0 Å². The summed E-state index contributed by atoms with van der Waals surface area (Å²) in [5, 5.41) is 5.52. The number of halogens is 1. The first-order valence-electron chi connectivity index (χ1n) is 6.75. The Morgan fingerprint density at radius 3 is 2.90 bits per heavy atom. The van der Waals surface area contributed by atoms with Crippen LogP contribution >= 0.6 is 27.7 Å². The fraction of sp³-hybridized carbons (Fsp3) is 0.385. The average Bonchev–Trinajstić information content (AvgIpc) is 3.09. The largest absolute Gasteiger partial charge is 0.341 e. The molecule has 3 rings (SSSR count). The molecule has 0 spiro atoms. The van der Waals surface area contributed by atoms with Crippen LogP contribution in [0.2, 0.25) is 0 Å². The van der Waals surface area contributed by atoms with Gasteiger partial charge >= 0.3 is 0 Å². The minimum atomic E-state index is 0.699. The molecule has 0 aromatic carbocycles. The molecule has 0 aliphatic rings. The highest BCUT2D eigenvalue weighted by atomic mass is 79.9. The van der Waals surface area contributed by atoms with Crippen LogP contribution in [-0.2, 0) is 18.7 Å². The van der Waals surface area contributed by atoms with Crippen LogP contribution in [0.5, 0.6) is 0 Å².